The fourth-order valence-corrected chi connectivity index (χ4v) is 2.49. The van der Waals surface area contributed by atoms with Crippen LogP contribution >= 0.6 is 12.2 Å². The first kappa shape index (κ1) is 12.5. The Morgan fingerprint density at radius 3 is 3.11 bits per heavy atom. The number of anilines is 1. The van der Waals surface area contributed by atoms with Crippen LogP contribution in [0, 0.1) is 4.64 Å². The normalized spacial score (nSPS) is 27.2. The molecule has 8 nitrogen and oxygen atoms in total. The molecule has 3 atom stereocenters. The lowest BCUT2D eigenvalue weighted by atomic mass is 10.2. The van der Waals surface area contributed by atoms with Crippen molar-refractivity contribution in [2.24, 2.45) is 0 Å². The van der Waals surface area contributed by atoms with Crippen LogP contribution in [0.15, 0.2) is 6.33 Å². The van der Waals surface area contributed by atoms with E-state index in [4.69, 9.17) is 27.8 Å². The summed E-state index contributed by atoms with van der Waals surface area (Å²) >= 11 is 5.07. The Balaban J connectivity index is 2.09. The number of rotatable bonds is 2. The molecule has 1 saturated heterocycles. The first-order valence-corrected chi connectivity index (χ1v) is 6.17. The minimum atomic E-state index is -0.731. The van der Waals surface area contributed by atoms with Gasteiger partial charge in [0, 0.05) is 6.42 Å². The number of nitrogens with zero attached hydrogens (tertiary/aromatic N) is 3. The third-order valence-electron chi connectivity index (χ3n) is 3.11. The van der Waals surface area contributed by atoms with Crippen LogP contribution in [0.2, 0.25) is 0 Å². The number of ether oxygens (including phenoxy) is 1. The van der Waals surface area contributed by atoms with E-state index < -0.39 is 12.3 Å². The van der Waals surface area contributed by atoms with E-state index in [1.807, 2.05) is 0 Å². The Kier molecular flexibility index (Phi) is 2.97. The van der Waals surface area contributed by atoms with Gasteiger partial charge in [-0.2, -0.15) is 0 Å². The molecule has 1 aliphatic rings. The summed E-state index contributed by atoms with van der Waals surface area (Å²) in [5.74, 6) is 0.172. The molecule has 3 heterocycles. The molecule has 9 heteroatoms. The molecule has 0 saturated carbocycles. The number of fused-ring (bicyclic) bond motifs is 1. The van der Waals surface area contributed by atoms with E-state index >= 15 is 0 Å². The zero-order valence-electron chi connectivity index (χ0n) is 9.85. The number of aliphatic hydroxyl groups excluding tert-OH is 2. The summed E-state index contributed by atoms with van der Waals surface area (Å²) in [5, 5.41) is 19.1. The maximum Gasteiger partial charge on any atom is 0.200 e. The Labute approximate surface area is 112 Å². The summed E-state index contributed by atoms with van der Waals surface area (Å²) in [5.41, 5.74) is 6.66. The monoisotopic (exact) mass is 283 g/mol. The van der Waals surface area contributed by atoms with Gasteiger partial charge in [0.25, 0.3) is 0 Å². The van der Waals surface area contributed by atoms with E-state index in [2.05, 4.69) is 15.0 Å². The lowest BCUT2D eigenvalue weighted by Gasteiger charge is -2.16. The van der Waals surface area contributed by atoms with Crippen LogP contribution < -0.4 is 5.73 Å². The van der Waals surface area contributed by atoms with Gasteiger partial charge in [-0.05, 0) is 0 Å². The number of imidazole rings is 1. The van der Waals surface area contributed by atoms with Crippen LogP contribution in [0.5, 0.6) is 0 Å². The number of hydrogen-bond acceptors (Lipinski definition) is 7. The van der Waals surface area contributed by atoms with Crippen molar-refractivity contribution in [1.29, 1.82) is 0 Å². The number of aromatic nitrogens is 4. The predicted molar refractivity (Wildman–Crippen MR) is 68.7 cm³/mol. The molecule has 2 aromatic heterocycles. The first-order valence-electron chi connectivity index (χ1n) is 5.77. The fraction of sp³-hybridized carbons (Fsp3) is 0.500. The van der Waals surface area contributed by atoms with Crippen molar-refractivity contribution in [3.8, 4) is 0 Å². The zero-order chi connectivity index (χ0) is 13.6. The van der Waals surface area contributed by atoms with Gasteiger partial charge in [-0.15, -0.1) is 0 Å². The molecule has 0 aromatic carbocycles. The summed E-state index contributed by atoms with van der Waals surface area (Å²) in [6.45, 7) is -0.139. The Morgan fingerprint density at radius 2 is 2.42 bits per heavy atom. The lowest BCUT2D eigenvalue weighted by Crippen LogP contribution is -2.19. The number of H-pyrrole nitrogens is 1. The van der Waals surface area contributed by atoms with Gasteiger partial charge in [-0.25, -0.2) is 9.97 Å². The van der Waals surface area contributed by atoms with Crippen molar-refractivity contribution in [3.63, 3.8) is 0 Å². The van der Waals surface area contributed by atoms with Crippen LogP contribution in [0.1, 0.15) is 12.6 Å². The van der Waals surface area contributed by atoms with Crippen molar-refractivity contribution in [3.05, 3.63) is 11.0 Å². The second kappa shape index (κ2) is 4.53. The third kappa shape index (κ3) is 2.00. The number of aromatic amines is 1. The highest BCUT2D eigenvalue weighted by atomic mass is 32.1. The van der Waals surface area contributed by atoms with E-state index in [-0.39, 0.29) is 23.3 Å². The second-order valence-electron chi connectivity index (χ2n) is 4.41. The minimum Gasteiger partial charge on any atom is -0.394 e. The van der Waals surface area contributed by atoms with Gasteiger partial charge in [-0.3, -0.25) is 4.57 Å². The largest absolute Gasteiger partial charge is 0.394 e. The number of hydrogen-bond donors (Lipinski definition) is 4. The van der Waals surface area contributed by atoms with E-state index in [0.717, 1.165) is 0 Å². The van der Waals surface area contributed by atoms with Gasteiger partial charge in [0.15, 0.2) is 16.8 Å². The van der Waals surface area contributed by atoms with Gasteiger partial charge in [0.1, 0.15) is 17.3 Å². The molecule has 1 aliphatic heterocycles. The molecule has 0 bridgehead atoms. The molecule has 5 N–H and O–H groups in total. The summed E-state index contributed by atoms with van der Waals surface area (Å²) in [7, 11) is 0. The van der Waals surface area contributed by atoms with Gasteiger partial charge in [0.2, 0.25) is 0 Å². The molecule has 0 radical (unpaired) electrons. The molecule has 1 unspecified atom stereocenters. The molecule has 0 spiro atoms. The van der Waals surface area contributed by atoms with Crippen LogP contribution in [-0.4, -0.2) is 48.5 Å². The molecular formula is C10H13N5O3S. The second-order valence-corrected chi connectivity index (χ2v) is 4.80. The number of nitrogen functional groups attached to an aromatic ring is 1. The van der Waals surface area contributed by atoms with Gasteiger partial charge in [0.05, 0.1) is 19.0 Å². The SMILES string of the molecule is Nc1nc(=S)c2ncn([C@@H]3O[C@H](CO)CC3O)c2[nH]1. The van der Waals surface area contributed by atoms with E-state index in [9.17, 15) is 5.11 Å². The molecule has 0 amide bonds. The average molecular weight is 283 g/mol. The predicted octanol–water partition coefficient (Wildman–Crippen LogP) is -0.288. The topological polar surface area (TPSA) is 122 Å². The van der Waals surface area contributed by atoms with Gasteiger partial charge < -0.3 is 25.7 Å². The van der Waals surface area contributed by atoms with E-state index in [1.54, 1.807) is 4.57 Å². The van der Waals surface area contributed by atoms with Crippen LogP contribution in [0.25, 0.3) is 11.2 Å². The summed E-state index contributed by atoms with van der Waals surface area (Å²) < 4.78 is 7.47. The molecule has 1 fully saturated rings. The van der Waals surface area contributed by atoms with Crippen molar-refractivity contribution in [2.75, 3.05) is 12.3 Å². The fourth-order valence-electron chi connectivity index (χ4n) is 2.24. The van der Waals surface area contributed by atoms with Crippen molar-refractivity contribution in [1.82, 2.24) is 19.5 Å². The Bertz CT molecular complexity index is 669. The van der Waals surface area contributed by atoms with Gasteiger partial charge in [-0.1, -0.05) is 12.2 Å². The van der Waals surface area contributed by atoms with Crippen LogP contribution in [-0.2, 0) is 4.74 Å². The van der Waals surface area contributed by atoms with Gasteiger partial charge >= 0.3 is 0 Å². The summed E-state index contributed by atoms with van der Waals surface area (Å²) in [4.78, 5) is 10.9. The van der Waals surface area contributed by atoms with Crippen LogP contribution in [0.4, 0.5) is 5.95 Å². The number of nitrogens with two attached hydrogens (primary N) is 1. The maximum atomic E-state index is 9.99. The minimum absolute atomic E-state index is 0.139. The van der Waals surface area contributed by atoms with Crippen molar-refractivity contribution < 1.29 is 14.9 Å². The quantitative estimate of drug-likeness (QED) is 0.559. The molecule has 19 heavy (non-hydrogen) atoms. The third-order valence-corrected chi connectivity index (χ3v) is 3.39. The molecule has 102 valence electrons. The molecule has 0 aliphatic carbocycles. The smallest absolute Gasteiger partial charge is 0.200 e. The molecule has 3 rings (SSSR count). The first-order chi connectivity index (χ1) is 9.10. The Morgan fingerprint density at radius 1 is 1.63 bits per heavy atom. The highest BCUT2D eigenvalue weighted by Gasteiger charge is 2.35. The number of nitrogens with one attached hydrogen (secondary N) is 1. The molecule has 2 aromatic rings. The van der Waals surface area contributed by atoms with Crippen molar-refractivity contribution in [2.45, 2.75) is 24.9 Å². The highest BCUT2D eigenvalue weighted by molar-refractivity contribution is 7.71. The van der Waals surface area contributed by atoms with E-state index in [1.165, 1.54) is 6.33 Å². The maximum absolute atomic E-state index is 9.99. The van der Waals surface area contributed by atoms with Crippen molar-refractivity contribution >= 4 is 29.3 Å². The Hall–Kier alpha value is -1.55. The molecular weight excluding hydrogens is 270 g/mol. The zero-order valence-corrected chi connectivity index (χ0v) is 10.7. The number of aliphatic hydroxyl groups is 2. The standard InChI is InChI=1S/C10H13N5O3S/c11-10-13-7-6(8(19)14-10)12-3-15(7)9-5(17)1-4(2-16)18-9/h3-5,9,16-17H,1-2H2,(H3,11,13,14,19)/t4-,5?,9+/m0/s1. The highest BCUT2D eigenvalue weighted by Crippen LogP contribution is 2.30. The van der Waals surface area contributed by atoms with Crippen LogP contribution in [0.3, 0.4) is 0 Å². The summed E-state index contributed by atoms with van der Waals surface area (Å²) in [6.07, 6.45) is 0.119. The average Bonchev–Trinajstić information content (AvgIpc) is 2.92. The summed E-state index contributed by atoms with van der Waals surface area (Å²) in [6, 6.07) is 0. The lowest BCUT2D eigenvalue weighted by molar-refractivity contribution is -0.0486. The van der Waals surface area contributed by atoms with E-state index in [0.29, 0.717) is 17.6 Å².